The third-order valence-corrected chi connectivity index (χ3v) is 19.5. The third kappa shape index (κ3) is 5.22. The summed E-state index contributed by atoms with van der Waals surface area (Å²) in [5.74, 6) is 3.25. The Bertz CT molecular complexity index is 3920. The molecule has 70 heavy (non-hydrogen) atoms. The first-order valence-electron chi connectivity index (χ1n) is 25.5. The topological polar surface area (TPSA) is 3.24 Å². The maximum absolute atomic E-state index is 2.67. The van der Waals surface area contributed by atoms with E-state index in [0.29, 0.717) is 17.3 Å². The zero-order valence-corrected chi connectivity index (χ0v) is 39.7. The van der Waals surface area contributed by atoms with Crippen molar-refractivity contribution in [1.82, 2.24) is 0 Å². The van der Waals surface area contributed by atoms with Crippen LogP contribution in [-0.2, 0) is 5.41 Å². The summed E-state index contributed by atoms with van der Waals surface area (Å²) in [5, 5.41) is 5.18. The van der Waals surface area contributed by atoms with Crippen LogP contribution in [0.15, 0.2) is 224 Å². The summed E-state index contributed by atoms with van der Waals surface area (Å²) in [6, 6.07) is 84.9. The number of fused-ring (bicyclic) bond motifs is 12. The van der Waals surface area contributed by atoms with E-state index in [2.05, 4.69) is 229 Å². The lowest BCUT2D eigenvalue weighted by molar-refractivity contribution is -0.231. The monoisotopic (exact) mass is 911 g/mol. The molecular formula is C68H49NS. The number of thiophene rings is 1. The number of hydrogen-bond donors (Lipinski definition) is 0. The van der Waals surface area contributed by atoms with Crippen LogP contribution in [0.2, 0.25) is 0 Å². The molecule has 11 aromatic rings. The van der Waals surface area contributed by atoms with E-state index >= 15 is 0 Å². The van der Waals surface area contributed by atoms with Gasteiger partial charge in [0.1, 0.15) is 0 Å². The Morgan fingerprint density at radius 3 is 1.86 bits per heavy atom. The quantitative estimate of drug-likeness (QED) is 0.154. The molecule has 0 aliphatic heterocycles. The first-order valence-corrected chi connectivity index (χ1v) is 26.3. The largest absolute Gasteiger partial charge is 0.310 e. The maximum Gasteiger partial charge on any atom is 0.0468 e. The Balaban J connectivity index is 0.890. The standard InChI is InChI=1S/C68H49NS/c1-3-12-43(13-4-1)44-24-26-48(27-25-44)56-21-11-23-62-66(56)58-39-51(33-35-61(58)70-62)69(50-30-28-47(29-31-50)54-19-9-17-45-16-7-8-18-53(45)54)52-32-34-57-60(40-52)68(63-37-42-36-49-38-64(68)67(49,63)41-42)59-22-10-20-55(65(57)59)46-14-5-2-6-15-46/h1-35,39-40,42,49,63-64H,36-38,41H2. The molecule has 4 saturated carbocycles. The molecule has 6 unspecified atom stereocenters. The average Bonchev–Trinajstić information content (AvgIpc) is 4.20. The minimum atomic E-state index is 0.0551. The van der Waals surface area contributed by atoms with E-state index in [1.54, 1.807) is 11.1 Å². The number of rotatable bonds is 7. The molecule has 2 spiro atoms. The Morgan fingerprint density at radius 2 is 1.01 bits per heavy atom. The van der Waals surface area contributed by atoms with E-state index in [1.807, 2.05) is 11.3 Å². The fourth-order valence-electron chi connectivity index (χ4n) is 15.8. The predicted octanol–water partition coefficient (Wildman–Crippen LogP) is 18.7. The van der Waals surface area contributed by atoms with Gasteiger partial charge in [-0.15, -0.1) is 11.3 Å². The molecule has 1 heterocycles. The van der Waals surface area contributed by atoms with Crippen molar-refractivity contribution in [2.45, 2.75) is 31.1 Å². The molecule has 2 bridgehead atoms. The van der Waals surface area contributed by atoms with Crippen molar-refractivity contribution in [3.8, 4) is 55.6 Å². The van der Waals surface area contributed by atoms with E-state index in [0.717, 1.165) is 11.8 Å². The highest BCUT2D eigenvalue weighted by Crippen LogP contribution is 2.90. The average molecular weight is 912 g/mol. The minimum absolute atomic E-state index is 0.0551. The molecule has 4 fully saturated rings. The molecule has 0 amide bonds. The number of hydrogen-bond acceptors (Lipinski definition) is 2. The van der Waals surface area contributed by atoms with E-state index in [9.17, 15) is 0 Å². The van der Waals surface area contributed by atoms with Gasteiger partial charge in [-0.25, -0.2) is 0 Å². The van der Waals surface area contributed by atoms with Gasteiger partial charge in [-0.2, -0.15) is 0 Å². The summed E-state index contributed by atoms with van der Waals surface area (Å²) in [7, 11) is 0. The molecule has 0 N–H and O–H groups in total. The lowest BCUT2D eigenvalue weighted by Gasteiger charge is -2.76. The van der Waals surface area contributed by atoms with E-state index in [-0.39, 0.29) is 5.41 Å². The molecule has 332 valence electrons. The molecule has 1 aromatic heterocycles. The molecule has 5 aliphatic carbocycles. The molecule has 2 heteroatoms. The van der Waals surface area contributed by atoms with Crippen molar-refractivity contribution < 1.29 is 0 Å². The SMILES string of the molecule is c1ccc(-c2ccc(-c3cccc4sc5ccc(N(c6ccc(-c7cccc8ccccc78)cc6)c6ccc7c(c6)C6(c8cccc(-c9ccccc9)c8-7)C7CC8CC9CC6C97C8)cc5c34)cc2)cc1. The van der Waals surface area contributed by atoms with Crippen LogP contribution >= 0.6 is 11.3 Å². The van der Waals surface area contributed by atoms with Crippen LogP contribution in [0.5, 0.6) is 0 Å². The van der Waals surface area contributed by atoms with Crippen LogP contribution in [-0.4, -0.2) is 0 Å². The Morgan fingerprint density at radius 1 is 0.400 bits per heavy atom. The summed E-state index contributed by atoms with van der Waals surface area (Å²) in [6.07, 6.45) is 5.69. The zero-order chi connectivity index (χ0) is 45.7. The van der Waals surface area contributed by atoms with Gasteiger partial charge in [0.25, 0.3) is 0 Å². The summed E-state index contributed by atoms with van der Waals surface area (Å²) >= 11 is 1.90. The molecule has 1 nitrogen and oxygen atoms in total. The molecule has 0 saturated heterocycles. The fourth-order valence-corrected chi connectivity index (χ4v) is 16.9. The highest BCUT2D eigenvalue weighted by Gasteiger charge is 2.84. The van der Waals surface area contributed by atoms with Gasteiger partial charge < -0.3 is 4.90 Å². The summed E-state index contributed by atoms with van der Waals surface area (Å²) < 4.78 is 2.63. The van der Waals surface area contributed by atoms with Gasteiger partial charge in [-0.1, -0.05) is 176 Å². The van der Waals surface area contributed by atoms with Crippen molar-refractivity contribution in [1.29, 1.82) is 0 Å². The first kappa shape index (κ1) is 39.3. The van der Waals surface area contributed by atoms with Gasteiger partial charge in [0.05, 0.1) is 0 Å². The van der Waals surface area contributed by atoms with Crippen molar-refractivity contribution in [3.63, 3.8) is 0 Å². The molecule has 5 aliphatic rings. The summed E-state index contributed by atoms with van der Waals surface area (Å²) in [4.78, 5) is 2.57. The lowest BCUT2D eigenvalue weighted by Crippen LogP contribution is -2.73. The third-order valence-electron chi connectivity index (χ3n) is 18.3. The Kier molecular flexibility index (Phi) is 8.16. The van der Waals surface area contributed by atoms with Gasteiger partial charge >= 0.3 is 0 Å². The minimum Gasteiger partial charge on any atom is -0.310 e. The smallest absolute Gasteiger partial charge is 0.0468 e. The number of benzene rings is 10. The van der Waals surface area contributed by atoms with Gasteiger partial charge in [0.15, 0.2) is 0 Å². The van der Waals surface area contributed by atoms with Crippen LogP contribution in [0.3, 0.4) is 0 Å². The van der Waals surface area contributed by atoms with Crippen LogP contribution in [0, 0.1) is 29.1 Å². The Hall–Kier alpha value is -7.52. The zero-order valence-electron chi connectivity index (χ0n) is 38.9. The fraction of sp³-hybridized carbons (Fsp3) is 0.147. The highest BCUT2D eigenvalue weighted by atomic mass is 32.1. The van der Waals surface area contributed by atoms with Crippen molar-refractivity contribution in [2.75, 3.05) is 4.90 Å². The molecular weight excluding hydrogens is 863 g/mol. The van der Waals surface area contributed by atoms with Crippen molar-refractivity contribution in [2.24, 2.45) is 29.1 Å². The summed E-state index contributed by atoms with van der Waals surface area (Å²) in [5.41, 5.74) is 20.5. The Labute approximate surface area is 413 Å². The van der Waals surface area contributed by atoms with Crippen molar-refractivity contribution in [3.05, 3.63) is 236 Å². The summed E-state index contributed by atoms with van der Waals surface area (Å²) in [6.45, 7) is 0. The van der Waals surface area contributed by atoms with Gasteiger partial charge in [-0.05, 0) is 181 Å². The van der Waals surface area contributed by atoms with Gasteiger partial charge in [0, 0.05) is 42.6 Å². The normalized spacial score (nSPS) is 23.0. The van der Waals surface area contributed by atoms with Gasteiger partial charge in [-0.3, -0.25) is 0 Å². The number of nitrogens with zero attached hydrogens (tertiary/aromatic N) is 1. The maximum atomic E-state index is 2.67. The molecule has 10 aromatic carbocycles. The van der Waals surface area contributed by atoms with E-state index < -0.39 is 0 Å². The van der Waals surface area contributed by atoms with Crippen LogP contribution in [0.4, 0.5) is 17.1 Å². The van der Waals surface area contributed by atoms with Crippen LogP contribution in [0.1, 0.15) is 36.8 Å². The molecule has 0 radical (unpaired) electrons. The van der Waals surface area contributed by atoms with E-state index in [1.165, 1.54) is 129 Å². The molecule has 16 rings (SSSR count). The number of anilines is 3. The first-order chi connectivity index (χ1) is 34.6. The van der Waals surface area contributed by atoms with Crippen LogP contribution in [0.25, 0.3) is 86.6 Å². The molecule has 6 atom stereocenters. The second-order valence-corrected chi connectivity index (χ2v) is 22.3. The van der Waals surface area contributed by atoms with E-state index in [4.69, 9.17) is 0 Å². The predicted molar refractivity (Wildman–Crippen MR) is 294 cm³/mol. The van der Waals surface area contributed by atoms with Gasteiger partial charge in [0.2, 0.25) is 0 Å². The lowest BCUT2D eigenvalue weighted by atomic mass is 9.27. The highest BCUT2D eigenvalue weighted by molar-refractivity contribution is 7.26. The second-order valence-electron chi connectivity index (χ2n) is 21.2. The van der Waals surface area contributed by atoms with Crippen molar-refractivity contribution >= 4 is 59.3 Å². The van der Waals surface area contributed by atoms with Crippen LogP contribution < -0.4 is 4.90 Å². The second kappa shape index (κ2) is 14.5.